The average molecular weight is 348 g/mol. The highest BCUT2D eigenvalue weighted by Gasteiger charge is 2.24. The normalized spacial score (nSPS) is 20.4. The molecule has 2 rings (SSSR count). The van der Waals surface area contributed by atoms with Gasteiger partial charge in [-0.2, -0.15) is 0 Å². The minimum absolute atomic E-state index is 0.0191. The summed E-state index contributed by atoms with van der Waals surface area (Å²) in [5.74, 6) is -1.36. The summed E-state index contributed by atoms with van der Waals surface area (Å²) in [5, 5.41) is 3.54. The Balaban J connectivity index is 1.97. The van der Waals surface area contributed by atoms with Gasteiger partial charge in [0.15, 0.2) is 9.84 Å². The fourth-order valence-electron chi connectivity index (χ4n) is 1.80. The molecule has 1 aliphatic rings. The maximum absolute atomic E-state index is 13.5. The Kier molecular flexibility index (Phi) is 4.05. The molecule has 0 spiro atoms. The van der Waals surface area contributed by atoms with Gasteiger partial charge in [-0.05, 0) is 18.2 Å². The molecule has 0 aromatic heterocycles. The molecular formula is C12H11BrFNO3S. The van der Waals surface area contributed by atoms with E-state index in [2.05, 4.69) is 21.2 Å². The monoisotopic (exact) mass is 347 g/mol. The maximum Gasteiger partial charge on any atom is 0.225 e. The first-order chi connectivity index (χ1) is 8.85. The second-order valence-corrected chi connectivity index (χ2v) is 7.14. The number of halogens is 2. The molecule has 1 amide bonds. The van der Waals surface area contributed by atoms with Crippen LogP contribution < -0.4 is 5.32 Å². The van der Waals surface area contributed by atoms with Crippen LogP contribution in [-0.4, -0.2) is 20.1 Å². The number of anilines is 1. The van der Waals surface area contributed by atoms with E-state index in [1.54, 1.807) is 6.07 Å². The smallest absolute Gasteiger partial charge is 0.225 e. The van der Waals surface area contributed by atoms with Gasteiger partial charge in [-0.15, -0.1) is 0 Å². The highest BCUT2D eigenvalue weighted by molar-refractivity contribution is 9.10. The largest absolute Gasteiger partial charge is 0.324 e. The first kappa shape index (κ1) is 14.2. The molecule has 1 aromatic carbocycles. The van der Waals surface area contributed by atoms with Crippen molar-refractivity contribution in [2.75, 3.05) is 11.1 Å². The van der Waals surface area contributed by atoms with E-state index in [0.29, 0.717) is 4.47 Å². The number of allylic oxidation sites excluding steroid dienone is 1. The fourth-order valence-corrected chi connectivity index (χ4v) is 3.53. The van der Waals surface area contributed by atoms with Gasteiger partial charge in [0.05, 0.1) is 11.4 Å². The van der Waals surface area contributed by atoms with E-state index < -0.39 is 21.6 Å². The van der Waals surface area contributed by atoms with E-state index in [4.69, 9.17) is 0 Å². The maximum atomic E-state index is 13.5. The minimum Gasteiger partial charge on any atom is -0.324 e. The average Bonchev–Trinajstić information content (AvgIpc) is 2.62. The Morgan fingerprint density at radius 2 is 2.21 bits per heavy atom. The van der Waals surface area contributed by atoms with Crippen molar-refractivity contribution in [3.05, 3.63) is 40.0 Å². The van der Waals surface area contributed by atoms with Gasteiger partial charge in [0.25, 0.3) is 0 Å². The fraction of sp³-hybridized carbons (Fsp3) is 0.250. The molecule has 4 nitrogen and oxygen atoms in total. The number of nitrogens with one attached hydrogen (secondary N) is 1. The molecule has 1 unspecified atom stereocenters. The summed E-state index contributed by atoms with van der Waals surface area (Å²) in [5.41, 5.74) is 0.0815. The molecule has 1 aliphatic heterocycles. The van der Waals surface area contributed by atoms with Crippen LogP contribution in [0.15, 0.2) is 34.2 Å². The number of rotatable bonds is 3. The third kappa shape index (κ3) is 3.87. The predicted molar refractivity (Wildman–Crippen MR) is 73.8 cm³/mol. The Bertz CT molecular complexity index is 642. The van der Waals surface area contributed by atoms with Gasteiger partial charge in [-0.25, -0.2) is 12.8 Å². The Morgan fingerprint density at radius 1 is 1.47 bits per heavy atom. The van der Waals surface area contributed by atoms with Crippen molar-refractivity contribution < 1.29 is 17.6 Å². The van der Waals surface area contributed by atoms with Crippen molar-refractivity contribution in [1.82, 2.24) is 0 Å². The number of carbonyl (C=O) groups excluding carboxylic acids is 1. The Morgan fingerprint density at radius 3 is 2.79 bits per heavy atom. The SMILES string of the molecule is O=C(CC1C=CS(=O)(=O)C1)Nc1ccc(Br)cc1F. The van der Waals surface area contributed by atoms with Crippen LogP contribution in [0, 0.1) is 11.7 Å². The number of sulfone groups is 1. The molecule has 0 saturated carbocycles. The summed E-state index contributed by atoms with van der Waals surface area (Å²) in [6.45, 7) is 0. The van der Waals surface area contributed by atoms with Crippen molar-refractivity contribution in [3.8, 4) is 0 Å². The molecule has 19 heavy (non-hydrogen) atoms. The molecule has 0 aliphatic carbocycles. The lowest BCUT2D eigenvalue weighted by Crippen LogP contribution is -2.18. The van der Waals surface area contributed by atoms with Gasteiger partial charge in [0.1, 0.15) is 5.82 Å². The van der Waals surface area contributed by atoms with Crippen LogP contribution in [0.2, 0.25) is 0 Å². The number of amides is 1. The van der Waals surface area contributed by atoms with E-state index in [0.717, 1.165) is 5.41 Å². The molecule has 0 saturated heterocycles. The molecular weight excluding hydrogens is 337 g/mol. The summed E-state index contributed by atoms with van der Waals surface area (Å²) in [4.78, 5) is 11.7. The molecule has 1 N–H and O–H groups in total. The van der Waals surface area contributed by atoms with E-state index >= 15 is 0 Å². The number of benzene rings is 1. The van der Waals surface area contributed by atoms with Crippen molar-refractivity contribution in [1.29, 1.82) is 0 Å². The van der Waals surface area contributed by atoms with E-state index in [1.807, 2.05) is 0 Å². The van der Waals surface area contributed by atoms with Gasteiger partial charge < -0.3 is 5.32 Å². The van der Waals surface area contributed by atoms with E-state index in [1.165, 1.54) is 18.2 Å². The Hall–Kier alpha value is -1.21. The van der Waals surface area contributed by atoms with Gasteiger partial charge in [-0.3, -0.25) is 4.79 Å². The highest BCUT2D eigenvalue weighted by Crippen LogP contribution is 2.22. The van der Waals surface area contributed by atoms with E-state index in [-0.39, 0.29) is 23.8 Å². The van der Waals surface area contributed by atoms with Crippen LogP contribution in [0.1, 0.15) is 6.42 Å². The van der Waals surface area contributed by atoms with Crippen LogP contribution in [0.25, 0.3) is 0 Å². The van der Waals surface area contributed by atoms with Gasteiger partial charge in [0, 0.05) is 22.2 Å². The summed E-state index contributed by atoms with van der Waals surface area (Å²) >= 11 is 3.12. The molecule has 7 heteroatoms. The third-order valence-electron chi connectivity index (χ3n) is 2.66. The lowest BCUT2D eigenvalue weighted by molar-refractivity contribution is -0.116. The quantitative estimate of drug-likeness (QED) is 0.913. The zero-order chi connectivity index (χ0) is 14.0. The molecule has 0 fully saturated rings. The van der Waals surface area contributed by atoms with Gasteiger partial charge >= 0.3 is 0 Å². The van der Waals surface area contributed by atoms with Gasteiger partial charge in [0.2, 0.25) is 5.91 Å². The first-order valence-electron chi connectivity index (χ1n) is 5.51. The molecule has 1 heterocycles. The summed E-state index contributed by atoms with van der Waals surface area (Å²) in [6, 6.07) is 4.30. The van der Waals surface area contributed by atoms with Gasteiger partial charge in [-0.1, -0.05) is 22.0 Å². The zero-order valence-electron chi connectivity index (χ0n) is 9.77. The van der Waals surface area contributed by atoms with Crippen LogP contribution in [0.3, 0.4) is 0 Å². The predicted octanol–water partition coefficient (Wildman–Crippen LogP) is 2.48. The van der Waals surface area contributed by atoms with Crippen molar-refractivity contribution >= 4 is 37.4 Å². The zero-order valence-corrected chi connectivity index (χ0v) is 12.2. The Labute approximate surface area is 118 Å². The standard InChI is InChI=1S/C12H11BrFNO3S/c13-9-1-2-11(10(14)6-9)15-12(16)5-8-3-4-19(17,18)7-8/h1-4,6,8H,5,7H2,(H,15,16). The van der Waals surface area contributed by atoms with Crippen LogP contribution in [-0.2, 0) is 14.6 Å². The third-order valence-corrected chi connectivity index (χ3v) is 4.62. The molecule has 102 valence electrons. The number of hydrogen-bond donors (Lipinski definition) is 1. The second kappa shape index (κ2) is 5.42. The molecule has 1 atom stereocenters. The molecule has 0 bridgehead atoms. The summed E-state index contributed by atoms with van der Waals surface area (Å²) < 4.78 is 36.4. The van der Waals surface area contributed by atoms with Crippen molar-refractivity contribution in [2.24, 2.45) is 5.92 Å². The minimum atomic E-state index is -3.17. The number of carbonyl (C=O) groups is 1. The van der Waals surface area contributed by atoms with Crippen LogP contribution >= 0.6 is 15.9 Å². The highest BCUT2D eigenvalue weighted by atomic mass is 79.9. The van der Waals surface area contributed by atoms with Crippen LogP contribution in [0.4, 0.5) is 10.1 Å². The summed E-state index contributed by atoms with van der Waals surface area (Å²) in [7, 11) is -3.17. The van der Waals surface area contributed by atoms with Crippen LogP contribution in [0.5, 0.6) is 0 Å². The van der Waals surface area contributed by atoms with E-state index in [9.17, 15) is 17.6 Å². The number of hydrogen-bond acceptors (Lipinski definition) is 3. The summed E-state index contributed by atoms with van der Waals surface area (Å²) in [6.07, 6.45) is 1.51. The second-order valence-electron chi connectivity index (χ2n) is 4.29. The van der Waals surface area contributed by atoms with Crippen molar-refractivity contribution in [3.63, 3.8) is 0 Å². The van der Waals surface area contributed by atoms with Crippen molar-refractivity contribution in [2.45, 2.75) is 6.42 Å². The topological polar surface area (TPSA) is 63.2 Å². The first-order valence-corrected chi connectivity index (χ1v) is 8.02. The molecule has 1 aromatic rings. The lowest BCUT2D eigenvalue weighted by atomic mass is 10.1. The molecule has 0 radical (unpaired) electrons. The lowest BCUT2D eigenvalue weighted by Gasteiger charge is -2.09.